The molecule has 13 aromatic rings. The van der Waals surface area contributed by atoms with Crippen molar-refractivity contribution in [2.24, 2.45) is 0 Å². The first-order valence-corrected chi connectivity index (χ1v) is 23.4. The van der Waals surface area contributed by atoms with Gasteiger partial charge in [-0.25, -0.2) is 0 Å². The Morgan fingerprint density at radius 3 is 0.838 bits per heavy atom. The maximum absolute atomic E-state index is 2.45. The second kappa shape index (κ2) is 16.5. The molecule has 0 radical (unpaired) electrons. The van der Waals surface area contributed by atoms with Crippen molar-refractivity contribution < 1.29 is 0 Å². The molecule has 2 aromatic heterocycles. The summed E-state index contributed by atoms with van der Waals surface area (Å²) in [5.74, 6) is 0. The summed E-state index contributed by atoms with van der Waals surface area (Å²) in [6.45, 7) is 0. The van der Waals surface area contributed by atoms with Crippen LogP contribution in [0.3, 0.4) is 0 Å². The van der Waals surface area contributed by atoms with Crippen LogP contribution in [0.4, 0.5) is 0 Å². The average Bonchev–Trinajstić information content (AvgIpc) is 4.07. The van der Waals surface area contributed by atoms with Gasteiger partial charge in [-0.3, -0.25) is 0 Å². The van der Waals surface area contributed by atoms with Crippen LogP contribution in [0.2, 0.25) is 0 Å². The molecule has 2 heteroatoms. The van der Waals surface area contributed by atoms with Crippen LogP contribution in [0.1, 0.15) is 0 Å². The highest BCUT2D eigenvalue weighted by Gasteiger charge is 2.20. The summed E-state index contributed by atoms with van der Waals surface area (Å²) in [6, 6.07) is 97.9. The van der Waals surface area contributed by atoms with Crippen molar-refractivity contribution in [3.8, 4) is 78.7 Å². The molecule has 68 heavy (non-hydrogen) atoms. The zero-order valence-electron chi connectivity index (χ0n) is 37.3. The molecule has 2 nitrogen and oxygen atoms in total. The number of rotatable bonds is 8. The fraction of sp³-hybridized carbons (Fsp3) is 0. The van der Waals surface area contributed by atoms with Gasteiger partial charge in [-0.15, -0.1) is 0 Å². The quantitative estimate of drug-likeness (QED) is 0.135. The van der Waals surface area contributed by atoms with Crippen LogP contribution in [-0.4, -0.2) is 9.13 Å². The lowest BCUT2D eigenvalue weighted by atomic mass is 9.90. The Morgan fingerprint density at radius 1 is 0.191 bits per heavy atom. The highest BCUT2D eigenvalue weighted by Crippen LogP contribution is 2.43. The third kappa shape index (κ3) is 6.90. The minimum absolute atomic E-state index is 1.11. The number of benzene rings is 11. The van der Waals surface area contributed by atoms with Crippen molar-refractivity contribution in [3.63, 3.8) is 0 Å². The molecular weight excluding hydrogens is 821 g/mol. The van der Waals surface area contributed by atoms with Crippen molar-refractivity contribution in [1.29, 1.82) is 0 Å². The summed E-state index contributed by atoms with van der Waals surface area (Å²) in [7, 11) is 0. The van der Waals surface area contributed by atoms with Crippen molar-refractivity contribution in [2.75, 3.05) is 0 Å². The summed E-state index contributed by atoms with van der Waals surface area (Å²) < 4.78 is 4.91. The first kappa shape index (κ1) is 39.4. The Bertz CT molecular complexity index is 3610. The van der Waals surface area contributed by atoms with E-state index in [1.165, 1.54) is 87.6 Å². The van der Waals surface area contributed by atoms with E-state index in [9.17, 15) is 0 Å². The monoisotopic (exact) mass is 864 g/mol. The number of hydrogen-bond donors (Lipinski definition) is 0. The fourth-order valence-electron chi connectivity index (χ4n) is 10.4. The molecule has 0 aliphatic rings. The average molecular weight is 865 g/mol. The number of aromatic nitrogens is 2. The Morgan fingerprint density at radius 2 is 0.500 bits per heavy atom. The largest absolute Gasteiger partial charge is 0.309 e. The molecule has 0 atom stereocenters. The summed E-state index contributed by atoms with van der Waals surface area (Å²) >= 11 is 0. The van der Waals surface area contributed by atoms with Crippen LogP contribution in [0, 0.1) is 0 Å². The van der Waals surface area contributed by atoms with E-state index in [1.54, 1.807) is 0 Å². The van der Waals surface area contributed by atoms with Gasteiger partial charge in [-0.05, 0) is 160 Å². The molecule has 0 spiro atoms. The van der Waals surface area contributed by atoms with Crippen LogP contribution in [0.15, 0.2) is 267 Å². The van der Waals surface area contributed by atoms with Gasteiger partial charge in [0.15, 0.2) is 0 Å². The third-order valence-electron chi connectivity index (χ3n) is 13.7. The maximum Gasteiger partial charge on any atom is 0.0535 e. The highest BCUT2D eigenvalue weighted by atomic mass is 15.0. The first-order chi connectivity index (χ1) is 33.7. The summed E-state index contributed by atoms with van der Waals surface area (Å²) in [5.41, 5.74) is 16.2. The molecule has 0 N–H and O–H groups in total. The van der Waals surface area contributed by atoms with E-state index in [2.05, 4.69) is 276 Å². The van der Waals surface area contributed by atoms with Gasteiger partial charge in [0.25, 0.3) is 0 Å². The molecule has 0 unspecified atom stereocenters. The van der Waals surface area contributed by atoms with E-state index in [1.807, 2.05) is 0 Å². The minimum atomic E-state index is 1.11. The zero-order valence-corrected chi connectivity index (χ0v) is 37.3. The Balaban J connectivity index is 1.14. The Kier molecular flexibility index (Phi) is 9.54. The van der Waals surface area contributed by atoms with Gasteiger partial charge in [-0.2, -0.15) is 0 Å². The summed E-state index contributed by atoms with van der Waals surface area (Å²) in [6.07, 6.45) is 0. The molecule has 2 heterocycles. The molecule has 0 saturated carbocycles. The smallest absolute Gasteiger partial charge is 0.0535 e. The standard InChI is InChI=1S/C66H44N2/c1-5-19-47(20-6-1)63-33-34-64(48-21-7-2-8-22-48)67(63)57-39-55-41-60-56(42-59(55)61(43-57)53-31-29-45-17-13-15-27-51(45)37-53)40-58(44-62(60)54-32-30-46-18-14-16-28-52(46)38-54)68-65(49-23-9-3-10-24-49)35-36-66(68)50-25-11-4-12-26-50/h1-44H. The molecule has 0 saturated heterocycles. The minimum Gasteiger partial charge on any atom is -0.309 e. The number of hydrogen-bond acceptors (Lipinski definition) is 0. The second-order valence-electron chi connectivity index (χ2n) is 17.7. The van der Waals surface area contributed by atoms with Crippen molar-refractivity contribution in [1.82, 2.24) is 9.13 Å². The van der Waals surface area contributed by atoms with Crippen LogP contribution >= 0.6 is 0 Å². The molecule has 318 valence electrons. The van der Waals surface area contributed by atoms with E-state index in [0.29, 0.717) is 0 Å². The third-order valence-corrected chi connectivity index (χ3v) is 13.7. The van der Waals surface area contributed by atoms with E-state index in [0.717, 1.165) is 34.2 Å². The van der Waals surface area contributed by atoms with Gasteiger partial charge in [0, 0.05) is 11.4 Å². The van der Waals surface area contributed by atoms with Gasteiger partial charge in [0.05, 0.1) is 22.8 Å². The molecule has 11 aromatic carbocycles. The number of fused-ring (bicyclic) bond motifs is 4. The van der Waals surface area contributed by atoms with Crippen LogP contribution in [0.25, 0.3) is 122 Å². The molecule has 13 rings (SSSR count). The zero-order chi connectivity index (χ0) is 45.0. The van der Waals surface area contributed by atoms with Gasteiger partial charge in [-0.1, -0.05) is 194 Å². The highest BCUT2D eigenvalue weighted by molar-refractivity contribution is 6.11. The van der Waals surface area contributed by atoms with Crippen LogP contribution in [-0.2, 0) is 0 Å². The Hall–Kier alpha value is -8.98. The molecular formula is C66H44N2. The van der Waals surface area contributed by atoms with Gasteiger partial charge in [0.1, 0.15) is 0 Å². The van der Waals surface area contributed by atoms with E-state index >= 15 is 0 Å². The van der Waals surface area contributed by atoms with Gasteiger partial charge in [0.2, 0.25) is 0 Å². The molecule has 0 aliphatic carbocycles. The Labute approximate surface area is 395 Å². The number of nitrogens with zero attached hydrogens (tertiary/aromatic N) is 2. The first-order valence-electron chi connectivity index (χ1n) is 23.4. The molecule has 0 bridgehead atoms. The van der Waals surface area contributed by atoms with Crippen molar-refractivity contribution in [2.45, 2.75) is 0 Å². The topological polar surface area (TPSA) is 9.86 Å². The lowest BCUT2D eigenvalue weighted by molar-refractivity contribution is 1.10. The fourth-order valence-corrected chi connectivity index (χ4v) is 10.4. The van der Waals surface area contributed by atoms with E-state index < -0.39 is 0 Å². The van der Waals surface area contributed by atoms with Crippen LogP contribution < -0.4 is 0 Å². The molecule has 0 amide bonds. The normalized spacial score (nSPS) is 11.5. The lowest BCUT2D eigenvalue weighted by Gasteiger charge is -2.20. The van der Waals surface area contributed by atoms with Gasteiger partial charge >= 0.3 is 0 Å². The maximum atomic E-state index is 2.45. The van der Waals surface area contributed by atoms with Crippen molar-refractivity contribution >= 4 is 43.1 Å². The SMILES string of the molecule is c1ccc(-c2ccc(-c3ccccc3)n2-c2cc(-c3ccc4ccccc4c3)c3cc4cc(-n5c(-c6ccccc6)ccc5-c5ccccc5)cc(-c5ccc6ccccc6c5)c4cc3c2)cc1. The summed E-state index contributed by atoms with van der Waals surface area (Å²) in [5, 5.41) is 9.64. The molecule has 0 aliphatic heterocycles. The lowest BCUT2D eigenvalue weighted by Crippen LogP contribution is -2.01. The van der Waals surface area contributed by atoms with E-state index in [4.69, 9.17) is 0 Å². The predicted molar refractivity (Wildman–Crippen MR) is 288 cm³/mol. The van der Waals surface area contributed by atoms with Crippen LogP contribution in [0.5, 0.6) is 0 Å². The van der Waals surface area contributed by atoms with E-state index in [-0.39, 0.29) is 0 Å². The predicted octanol–water partition coefficient (Wildman–Crippen LogP) is 17.9. The molecule has 0 fully saturated rings. The summed E-state index contributed by atoms with van der Waals surface area (Å²) in [4.78, 5) is 0. The van der Waals surface area contributed by atoms with Gasteiger partial charge < -0.3 is 9.13 Å². The second-order valence-corrected chi connectivity index (χ2v) is 17.7. The van der Waals surface area contributed by atoms with Crippen molar-refractivity contribution in [3.05, 3.63) is 267 Å².